The normalized spacial score (nSPS) is 10.4. The highest BCUT2D eigenvalue weighted by Gasteiger charge is 2.11. The predicted octanol–water partition coefficient (Wildman–Crippen LogP) is 2.70. The summed E-state index contributed by atoms with van der Waals surface area (Å²) in [7, 11) is 1.50. The Morgan fingerprint density at radius 2 is 2.15 bits per heavy atom. The second-order valence-electron chi connectivity index (χ2n) is 3.79. The Balaban J connectivity index is 2.15. The van der Waals surface area contributed by atoms with Crippen LogP contribution in [0.25, 0.3) is 0 Å². The van der Waals surface area contributed by atoms with E-state index in [0.717, 1.165) is 5.69 Å². The van der Waals surface area contributed by atoms with Crippen LogP contribution in [0.2, 0.25) is 0 Å². The maximum Gasteiger partial charge on any atom is 0.387 e. The number of nitrogens with one attached hydrogen (secondary N) is 1. The smallest absolute Gasteiger partial charge is 0.387 e. The van der Waals surface area contributed by atoms with Gasteiger partial charge in [0, 0.05) is 12.3 Å². The third-order valence-electron chi connectivity index (χ3n) is 2.51. The third kappa shape index (κ3) is 3.78. The number of methoxy groups -OCH3 is 1. The van der Waals surface area contributed by atoms with E-state index in [9.17, 15) is 8.78 Å². The summed E-state index contributed by atoms with van der Waals surface area (Å²) in [6.45, 7) is -2.53. The van der Waals surface area contributed by atoms with Crippen LogP contribution >= 0.6 is 0 Å². The molecule has 0 amide bonds. The van der Waals surface area contributed by atoms with Crippen LogP contribution in [0.4, 0.5) is 14.5 Å². The summed E-state index contributed by atoms with van der Waals surface area (Å²) >= 11 is 0. The van der Waals surface area contributed by atoms with Gasteiger partial charge in [-0.2, -0.15) is 8.78 Å². The number of alkyl halides is 2. The fourth-order valence-corrected chi connectivity index (χ4v) is 1.58. The van der Waals surface area contributed by atoms with Crippen molar-refractivity contribution in [2.24, 2.45) is 0 Å². The summed E-state index contributed by atoms with van der Waals surface area (Å²) in [5.74, 6) is 0.589. The van der Waals surface area contributed by atoms with Crippen LogP contribution in [0, 0.1) is 0 Å². The maximum atomic E-state index is 12.3. The van der Waals surface area contributed by atoms with E-state index in [0.29, 0.717) is 18.0 Å². The highest BCUT2D eigenvalue weighted by Crippen LogP contribution is 2.30. The van der Waals surface area contributed by atoms with Gasteiger partial charge in [-0.25, -0.2) is 9.97 Å². The second kappa shape index (κ2) is 6.65. The largest absolute Gasteiger partial charge is 0.497 e. The van der Waals surface area contributed by atoms with E-state index >= 15 is 0 Å². The van der Waals surface area contributed by atoms with Crippen molar-refractivity contribution in [3.05, 3.63) is 42.5 Å². The number of aromatic nitrogens is 2. The van der Waals surface area contributed by atoms with Gasteiger partial charge in [-0.15, -0.1) is 0 Å². The number of benzene rings is 1. The summed E-state index contributed by atoms with van der Waals surface area (Å²) in [5, 5.41) is 2.98. The molecule has 7 heteroatoms. The average molecular weight is 281 g/mol. The molecular formula is C13H13F2N3O2. The molecule has 20 heavy (non-hydrogen) atoms. The molecule has 1 heterocycles. The lowest BCUT2D eigenvalue weighted by Gasteiger charge is -2.13. The van der Waals surface area contributed by atoms with Crippen LogP contribution in [0.15, 0.2) is 36.8 Å². The van der Waals surface area contributed by atoms with Crippen LogP contribution < -0.4 is 14.8 Å². The van der Waals surface area contributed by atoms with Crippen LogP contribution in [0.3, 0.4) is 0 Å². The summed E-state index contributed by atoms with van der Waals surface area (Å²) in [6.07, 6.45) is 3.02. The minimum Gasteiger partial charge on any atom is -0.497 e. The summed E-state index contributed by atoms with van der Waals surface area (Å²) in [6, 6.07) is 6.28. The maximum absolute atomic E-state index is 12.3. The van der Waals surface area contributed by atoms with Crippen LogP contribution in [0.5, 0.6) is 11.5 Å². The highest BCUT2D eigenvalue weighted by molar-refractivity contribution is 5.59. The summed E-state index contributed by atoms with van der Waals surface area (Å²) < 4.78 is 34.2. The molecule has 106 valence electrons. The van der Waals surface area contributed by atoms with E-state index in [-0.39, 0.29) is 5.75 Å². The molecule has 0 aliphatic rings. The van der Waals surface area contributed by atoms with Gasteiger partial charge in [0.2, 0.25) is 0 Å². The molecule has 0 radical (unpaired) electrons. The Morgan fingerprint density at radius 1 is 1.30 bits per heavy atom. The van der Waals surface area contributed by atoms with Crippen LogP contribution in [-0.4, -0.2) is 23.7 Å². The van der Waals surface area contributed by atoms with Crippen LogP contribution in [0.1, 0.15) is 5.69 Å². The highest BCUT2D eigenvalue weighted by atomic mass is 19.3. The van der Waals surface area contributed by atoms with Crippen molar-refractivity contribution in [3.63, 3.8) is 0 Å². The molecule has 2 aromatic rings. The summed E-state index contributed by atoms with van der Waals surface area (Å²) in [4.78, 5) is 7.84. The number of hydrogen-bond acceptors (Lipinski definition) is 5. The second-order valence-corrected chi connectivity index (χ2v) is 3.79. The van der Waals surface area contributed by atoms with Gasteiger partial charge in [-0.1, -0.05) is 0 Å². The topological polar surface area (TPSA) is 56.3 Å². The van der Waals surface area contributed by atoms with Crippen LogP contribution in [-0.2, 0) is 6.54 Å². The SMILES string of the molecule is COc1ccc(OC(F)F)c(NCc2ccncn2)c1. The number of hydrogen-bond donors (Lipinski definition) is 1. The van der Waals surface area contributed by atoms with E-state index in [2.05, 4.69) is 20.0 Å². The van der Waals surface area contributed by atoms with Crippen molar-refractivity contribution in [2.75, 3.05) is 12.4 Å². The zero-order valence-electron chi connectivity index (χ0n) is 10.7. The van der Waals surface area contributed by atoms with Gasteiger partial charge in [0.15, 0.2) is 0 Å². The zero-order chi connectivity index (χ0) is 14.4. The van der Waals surface area contributed by atoms with Gasteiger partial charge in [-0.3, -0.25) is 0 Å². The molecule has 0 unspecified atom stereocenters. The van der Waals surface area contributed by atoms with Crippen molar-refractivity contribution in [2.45, 2.75) is 13.2 Å². The Morgan fingerprint density at radius 3 is 2.80 bits per heavy atom. The minimum atomic E-state index is -2.89. The van der Waals surface area contributed by atoms with E-state index in [4.69, 9.17) is 4.74 Å². The van der Waals surface area contributed by atoms with Gasteiger partial charge < -0.3 is 14.8 Å². The first-order chi connectivity index (χ1) is 9.69. The Hall–Kier alpha value is -2.44. The van der Waals surface area contributed by atoms with Gasteiger partial charge in [0.1, 0.15) is 17.8 Å². The fourth-order valence-electron chi connectivity index (χ4n) is 1.58. The first-order valence-corrected chi connectivity index (χ1v) is 5.80. The van der Waals surface area contributed by atoms with E-state index in [1.165, 1.54) is 19.5 Å². The van der Waals surface area contributed by atoms with E-state index in [1.807, 2.05) is 0 Å². The molecule has 0 fully saturated rings. The number of ether oxygens (including phenoxy) is 2. The fraction of sp³-hybridized carbons (Fsp3) is 0.231. The minimum absolute atomic E-state index is 0.0508. The molecule has 1 N–H and O–H groups in total. The third-order valence-corrected chi connectivity index (χ3v) is 2.51. The zero-order valence-corrected chi connectivity index (χ0v) is 10.7. The average Bonchev–Trinajstić information content (AvgIpc) is 2.47. The Bertz CT molecular complexity index is 553. The quantitative estimate of drug-likeness (QED) is 0.882. The lowest BCUT2D eigenvalue weighted by Crippen LogP contribution is -2.07. The number of anilines is 1. The predicted molar refractivity (Wildman–Crippen MR) is 69.0 cm³/mol. The van der Waals surface area contributed by atoms with Crippen molar-refractivity contribution < 1.29 is 18.3 Å². The molecule has 2 rings (SSSR count). The molecule has 0 atom stereocenters. The molecular weight excluding hydrogens is 268 g/mol. The van der Waals surface area contributed by atoms with Crippen molar-refractivity contribution in [1.82, 2.24) is 9.97 Å². The van der Waals surface area contributed by atoms with E-state index in [1.54, 1.807) is 24.4 Å². The standard InChI is InChI=1S/C13H13F2N3O2/c1-19-10-2-3-12(20-13(14)15)11(6-10)17-7-9-4-5-16-8-18-9/h2-6,8,13,17H,7H2,1H3. The van der Waals surface area contributed by atoms with Crippen molar-refractivity contribution in [1.29, 1.82) is 0 Å². The molecule has 0 spiro atoms. The number of nitrogens with zero attached hydrogens (tertiary/aromatic N) is 2. The van der Waals surface area contributed by atoms with E-state index < -0.39 is 6.61 Å². The molecule has 0 bridgehead atoms. The number of halogens is 2. The molecule has 1 aromatic carbocycles. The molecule has 0 aliphatic heterocycles. The van der Waals surface area contributed by atoms with Gasteiger partial charge >= 0.3 is 6.61 Å². The first-order valence-electron chi connectivity index (χ1n) is 5.80. The van der Waals surface area contributed by atoms with Crippen molar-refractivity contribution in [3.8, 4) is 11.5 Å². The molecule has 5 nitrogen and oxygen atoms in total. The summed E-state index contributed by atoms with van der Waals surface area (Å²) in [5.41, 5.74) is 1.13. The lowest BCUT2D eigenvalue weighted by atomic mass is 10.2. The Labute approximate surface area is 114 Å². The van der Waals surface area contributed by atoms with Gasteiger partial charge in [0.25, 0.3) is 0 Å². The number of rotatable bonds is 6. The lowest BCUT2D eigenvalue weighted by molar-refractivity contribution is -0.0494. The van der Waals surface area contributed by atoms with Gasteiger partial charge in [0.05, 0.1) is 25.0 Å². The first kappa shape index (κ1) is 14.0. The molecule has 1 aromatic heterocycles. The molecule has 0 saturated carbocycles. The molecule has 0 saturated heterocycles. The van der Waals surface area contributed by atoms with Crippen molar-refractivity contribution >= 4 is 5.69 Å². The monoisotopic (exact) mass is 281 g/mol. The van der Waals surface area contributed by atoms with Gasteiger partial charge in [-0.05, 0) is 18.2 Å². The molecule has 0 aliphatic carbocycles. The Kier molecular flexibility index (Phi) is 4.65.